The summed E-state index contributed by atoms with van der Waals surface area (Å²) in [6.45, 7) is 9.69. The van der Waals surface area contributed by atoms with E-state index in [1.165, 1.54) is 0 Å². The largest absolute Gasteiger partial charge is 0.353 e. The van der Waals surface area contributed by atoms with Crippen molar-refractivity contribution in [2.45, 2.75) is 27.2 Å². The van der Waals surface area contributed by atoms with Crippen LogP contribution < -0.4 is 9.80 Å². The van der Waals surface area contributed by atoms with E-state index < -0.39 is 0 Å². The normalized spacial score (nSPS) is 14.6. The second kappa shape index (κ2) is 7.30. The maximum absolute atomic E-state index is 4.46. The van der Waals surface area contributed by atoms with Crippen LogP contribution in [-0.2, 0) is 6.42 Å². The fourth-order valence-electron chi connectivity index (χ4n) is 3.38. The molecule has 27 heavy (non-hydrogen) atoms. The lowest BCUT2D eigenvalue weighted by Crippen LogP contribution is -2.47. The van der Waals surface area contributed by atoms with Crippen molar-refractivity contribution in [2.75, 3.05) is 36.0 Å². The Bertz CT molecular complexity index is 910. The van der Waals surface area contributed by atoms with Crippen LogP contribution in [0.4, 0.5) is 11.6 Å². The molecule has 8 heteroatoms. The number of hydrogen-bond acceptors (Lipinski definition) is 7. The average molecular weight is 364 g/mol. The molecule has 4 heterocycles. The van der Waals surface area contributed by atoms with Crippen molar-refractivity contribution in [3.05, 3.63) is 47.7 Å². The second-order valence-corrected chi connectivity index (χ2v) is 6.78. The van der Waals surface area contributed by atoms with E-state index in [1.54, 1.807) is 6.33 Å². The van der Waals surface area contributed by atoms with Gasteiger partial charge in [-0.2, -0.15) is 5.10 Å². The molecule has 1 fully saturated rings. The predicted octanol–water partition coefficient (Wildman–Crippen LogP) is 1.96. The number of aromatic nitrogens is 6. The molecule has 0 amide bonds. The fourth-order valence-corrected chi connectivity index (χ4v) is 3.38. The molecule has 4 rings (SSSR count). The van der Waals surface area contributed by atoms with Crippen molar-refractivity contribution in [3.63, 3.8) is 0 Å². The first-order chi connectivity index (χ1) is 13.1. The van der Waals surface area contributed by atoms with Crippen molar-refractivity contribution in [3.8, 4) is 5.82 Å². The van der Waals surface area contributed by atoms with Crippen LogP contribution in [-0.4, -0.2) is 56.1 Å². The maximum atomic E-state index is 4.46. The minimum Gasteiger partial charge on any atom is -0.353 e. The van der Waals surface area contributed by atoms with Crippen LogP contribution in [0.3, 0.4) is 0 Å². The summed E-state index contributed by atoms with van der Waals surface area (Å²) in [6.07, 6.45) is 2.58. The molecule has 0 spiro atoms. The molecule has 0 radical (unpaired) electrons. The van der Waals surface area contributed by atoms with E-state index in [-0.39, 0.29) is 0 Å². The third-order valence-corrected chi connectivity index (χ3v) is 4.86. The van der Waals surface area contributed by atoms with E-state index in [0.29, 0.717) is 0 Å². The number of piperazine rings is 1. The van der Waals surface area contributed by atoms with Gasteiger partial charge in [0, 0.05) is 43.6 Å². The smallest absolute Gasteiger partial charge is 0.176 e. The summed E-state index contributed by atoms with van der Waals surface area (Å²) in [5, 5.41) is 13.3. The van der Waals surface area contributed by atoms with Gasteiger partial charge in [-0.3, -0.25) is 0 Å². The summed E-state index contributed by atoms with van der Waals surface area (Å²) in [7, 11) is 0. The molecule has 3 aromatic rings. The zero-order valence-corrected chi connectivity index (χ0v) is 16.0. The first kappa shape index (κ1) is 17.4. The first-order valence-electron chi connectivity index (χ1n) is 9.32. The van der Waals surface area contributed by atoms with Gasteiger partial charge >= 0.3 is 0 Å². The lowest BCUT2D eigenvalue weighted by atomic mass is 10.2. The summed E-state index contributed by atoms with van der Waals surface area (Å²) in [5.41, 5.74) is 3.11. The van der Waals surface area contributed by atoms with E-state index in [2.05, 4.69) is 48.1 Å². The van der Waals surface area contributed by atoms with Crippen LogP contribution in [0, 0.1) is 13.8 Å². The van der Waals surface area contributed by atoms with E-state index in [4.69, 9.17) is 0 Å². The Kier molecular flexibility index (Phi) is 4.70. The molecule has 140 valence electrons. The molecule has 0 N–H and O–H groups in total. The highest BCUT2D eigenvalue weighted by Gasteiger charge is 2.20. The molecule has 1 saturated heterocycles. The molecule has 0 bridgehead atoms. The van der Waals surface area contributed by atoms with Crippen molar-refractivity contribution in [1.29, 1.82) is 0 Å². The zero-order valence-electron chi connectivity index (χ0n) is 16.0. The van der Waals surface area contributed by atoms with Crippen LogP contribution >= 0.6 is 0 Å². The van der Waals surface area contributed by atoms with E-state index >= 15 is 0 Å². The van der Waals surface area contributed by atoms with Gasteiger partial charge in [0.05, 0.1) is 5.69 Å². The van der Waals surface area contributed by atoms with Gasteiger partial charge in [0.1, 0.15) is 12.1 Å². The number of anilines is 2. The van der Waals surface area contributed by atoms with E-state index in [9.17, 15) is 0 Å². The van der Waals surface area contributed by atoms with Gasteiger partial charge in [0.25, 0.3) is 0 Å². The van der Waals surface area contributed by atoms with Gasteiger partial charge in [0.2, 0.25) is 0 Å². The van der Waals surface area contributed by atoms with E-state index in [0.717, 1.165) is 67.1 Å². The first-order valence-corrected chi connectivity index (χ1v) is 9.32. The predicted molar refractivity (Wildman–Crippen MR) is 104 cm³/mol. The average Bonchev–Trinajstić information content (AvgIpc) is 3.06. The van der Waals surface area contributed by atoms with Gasteiger partial charge in [0.15, 0.2) is 11.6 Å². The minimum atomic E-state index is 0.746. The highest BCUT2D eigenvalue weighted by Crippen LogP contribution is 2.18. The molecular formula is C19H24N8. The molecule has 0 unspecified atom stereocenters. The van der Waals surface area contributed by atoms with Crippen molar-refractivity contribution in [2.24, 2.45) is 0 Å². The molecule has 8 nitrogen and oxygen atoms in total. The monoisotopic (exact) mass is 364 g/mol. The Labute approximate surface area is 158 Å². The molecule has 0 atom stereocenters. The van der Waals surface area contributed by atoms with Crippen LogP contribution in [0.2, 0.25) is 0 Å². The summed E-state index contributed by atoms with van der Waals surface area (Å²) in [4.78, 5) is 13.3. The van der Waals surface area contributed by atoms with E-state index in [1.807, 2.05) is 36.7 Å². The third kappa shape index (κ3) is 3.60. The molecule has 0 aliphatic carbocycles. The Hall–Kier alpha value is -3.03. The SMILES string of the molecule is CCc1cc(N2CCN(c3ccc(-n4nc(C)cc4C)nn3)CC2)ncn1. The molecule has 3 aromatic heterocycles. The third-order valence-electron chi connectivity index (χ3n) is 4.86. The lowest BCUT2D eigenvalue weighted by molar-refractivity contribution is 0.635. The summed E-state index contributed by atoms with van der Waals surface area (Å²) < 4.78 is 1.82. The lowest BCUT2D eigenvalue weighted by Gasteiger charge is -2.35. The zero-order chi connectivity index (χ0) is 18.8. The van der Waals surface area contributed by atoms with Gasteiger partial charge in [-0.15, -0.1) is 10.2 Å². The number of hydrogen-bond donors (Lipinski definition) is 0. The summed E-state index contributed by atoms with van der Waals surface area (Å²) in [5.74, 6) is 2.65. The molecule has 1 aliphatic heterocycles. The summed E-state index contributed by atoms with van der Waals surface area (Å²) >= 11 is 0. The fraction of sp³-hybridized carbons (Fsp3) is 0.421. The van der Waals surface area contributed by atoms with Crippen LogP contribution in [0.1, 0.15) is 24.0 Å². The standard InChI is InChI=1S/C19H24N8/c1-4-16-12-19(21-13-20-16)26-9-7-25(8-10-26)17-5-6-18(23-22-17)27-15(3)11-14(2)24-27/h5-6,11-13H,4,7-10H2,1-3H3. The summed E-state index contributed by atoms with van der Waals surface area (Å²) in [6, 6.07) is 8.12. The van der Waals surface area contributed by atoms with Crippen molar-refractivity contribution in [1.82, 2.24) is 29.9 Å². The van der Waals surface area contributed by atoms with Crippen molar-refractivity contribution < 1.29 is 0 Å². The van der Waals surface area contributed by atoms with Gasteiger partial charge in [-0.25, -0.2) is 14.6 Å². The van der Waals surface area contributed by atoms with Gasteiger partial charge in [-0.05, 0) is 38.5 Å². The quantitative estimate of drug-likeness (QED) is 0.700. The van der Waals surface area contributed by atoms with Crippen molar-refractivity contribution >= 4 is 11.6 Å². The Morgan fingerprint density at radius 1 is 0.852 bits per heavy atom. The maximum Gasteiger partial charge on any atom is 0.176 e. The van der Waals surface area contributed by atoms with Crippen LogP contribution in [0.25, 0.3) is 5.82 Å². The van der Waals surface area contributed by atoms with Crippen LogP contribution in [0.5, 0.6) is 0 Å². The molecule has 0 saturated carbocycles. The molecule has 0 aromatic carbocycles. The highest BCUT2D eigenvalue weighted by molar-refractivity contribution is 5.45. The number of nitrogens with zero attached hydrogens (tertiary/aromatic N) is 8. The second-order valence-electron chi connectivity index (χ2n) is 6.78. The Balaban J connectivity index is 1.43. The topological polar surface area (TPSA) is 75.9 Å². The Morgan fingerprint density at radius 2 is 1.52 bits per heavy atom. The van der Waals surface area contributed by atoms with Gasteiger partial charge < -0.3 is 9.80 Å². The minimum absolute atomic E-state index is 0.746. The Morgan fingerprint density at radius 3 is 2.11 bits per heavy atom. The van der Waals surface area contributed by atoms with Gasteiger partial charge in [-0.1, -0.05) is 6.92 Å². The van der Waals surface area contributed by atoms with Crippen LogP contribution in [0.15, 0.2) is 30.6 Å². The number of aryl methyl sites for hydroxylation is 3. The highest BCUT2D eigenvalue weighted by atomic mass is 15.4. The molecule has 1 aliphatic rings. The molecular weight excluding hydrogens is 340 g/mol. The number of rotatable bonds is 4.